The summed E-state index contributed by atoms with van der Waals surface area (Å²) in [4.78, 5) is 6.32. The molecule has 0 amide bonds. The van der Waals surface area contributed by atoms with Crippen molar-refractivity contribution in [2.24, 2.45) is 7.05 Å². The van der Waals surface area contributed by atoms with Crippen LogP contribution in [0, 0.1) is 0 Å². The van der Waals surface area contributed by atoms with E-state index in [4.69, 9.17) is 4.74 Å². The molecule has 1 saturated carbocycles. The minimum atomic E-state index is -2.32. The van der Waals surface area contributed by atoms with E-state index >= 15 is 0 Å². The van der Waals surface area contributed by atoms with E-state index in [1.807, 2.05) is 25.5 Å². The summed E-state index contributed by atoms with van der Waals surface area (Å²) in [6, 6.07) is 1.96. The molecule has 1 aliphatic rings. The third-order valence-corrected chi connectivity index (χ3v) is 4.75. The molecule has 0 aliphatic heterocycles. The average Bonchev–Trinajstić information content (AvgIpc) is 3.17. The van der Waals surface area contributed by atoms with Crippen molar-refractivity contribution < 1.29 is 13.5 Å². The van der Waals surface area contributed by atoms with Crippen LogP contribution >= 0.6 is 0 Å². The van der Waals surface area contributed by atoms with Gasteiger partial charge in [-0.3, -0.25) is 9.58 Å². The Balaban J connectivity index is 1.51. The summed E-state index contributed by atoms with van der Waals surface area (Å²) in [6.45, 7) is -0.209. The highest BCUT2D eigenvalue weighted by molar-refractivity contribution is 5.63. The summed E-state index contributed by atoms with van der Waals surface area (Å²) in [6.07, 6.45) is 6.21. The van der Waals surface area contributed by atoms with E-state index in [-0.39, 0.29) is 18.7 Å². The van der Waals surface area contributed by atoms with Gasteiger partial charge < -0.3 is 4.74 Å². The van der Waals surface area contributed by atoms with Crippen LogP contribution < -0.4 is 4.74 Å². The fraction of sp³-hybridized carbons (Fsp3) is 0.471. The van der Waals surface area contributed by atoms with Crippen molar-refractivity contribution in [3.63, 3.8) is 0 Å². The number of hydrogen-bond acceptors (Lipinski definition) is 5. The highest BCUT2D eigenvalue weighted by atomic mass is 19.3. The van der Waals surface area contributed by atoms with Crippen molar-refractivity contribution in [3.8, 4) is 17.1 Å². The Morgan fingerprint density at radius 1 is 1.31 bits per heavy atom. The monoisotopic (exact) mass is 362 g/mol. The lowest BCUT2D eigenvalue weighted by molar-refractivity contribution is 0.000376. The van der Waals surface area contributed by atoms with E-state index in [1.54, 1.807) is 33.5 Å². The molecule has 7 nitrogen and oxygen atoms in total. The van der Waals surface area contributed by atoms with Gasteiger partial charge in [0.2, 0.25) is 5.88 Å². The Labute approximate surface area is 149 Å². The van der Waals surface area contributed by atoms with Gasteiger partial charge in [0, 0.05) is 37.7 Å². The fourth-order valence-electron chi connectivity index (χ4n) is 3.20. The van der Waals surface area contributed by atoms with Crippen LogP contribution in [0.25, 0.3) is 16.8 Å². The van der Waals surface area contributed by atoms with Gasteiger partial charge in [-0.05, 0) is 13.1 Å². The lowest BCUT2D eigenvalue weighted by Gasteiger charge is -2.40. The number of hydrogen-bond donors (Lipinski definition) is 0. The molecule has 1 aliphatic carbocycles. The molecule has 1 fully saturated rings. The van der Waals surface area contributed by atoms with Crippen molar-refractivity contribution in [1.82, 2.24) is 29.3 Å². The number of ether oxygens (including phenoxy) is 1. The van der Waals surface area contributed by atoms with Gasteiger partial charge in [0.25, 0.3) is 6.43 Å². The predicted octanol–water partition coefficient (Wildman–Crippen LogP) is 2.24. The van der Waals surface area contributed by atoms with Gasteiger partial charge in [0.1, 0.15) is 11.6 Å². The van der Waals surface area contributed by atoms with Crippen LogP contribution in [0.5, 0.6) is 5.88 Å². The highest BCUT2D eigenvalue weighted by Gasteiger charge is 2.35. The van der Waals surface area contributed by atoms with Crippen LogP contribution in [-0.2, 0) is 7.05 Å². The molecule has 0 bridgehead atoms. The second-order valence-electron chi connectivity index (χ2n) is 6.69. The number of aryl methyl sites for hydroxylation is 1. The number of fused-ring (bicyclic) bond motifs is 1. The van der Waals surface area contributed by atoms with Crippen molar-refractivity contribution in [1.29, 1.82) is 0 Å². The predicted molar refractivity (Wildman–Crippen MR) is 91.3 cm³/mol. The molecule has 4 rings (SSSR count). The third-order valence-electron chi connectivity index (χ3n) is 4.75. The molecule has 26 heavy (non-hydrogen) atoms. The topological polar surface area (TPSA) is 60.5 Å². The summed E-state index contributed by atoms with van der Waals surface area (Å²) in [5, 5.41) is 8.45. The first kappa shape index (κ1) is 16.9. The summed E-state index contributed by atoms with van der Waals surface area (Å²) >= 11 is 0. The third kappa shape index (κ3) is 3.26. The average molecular weight is 362 g/mol. The Bertz CT molecular complexity index is 902. The van der Waals surface area contributed by atoms with Gasteiger partial charge >= 0.3 is 0 Å². The number of alkyl halides is 2. The molecule has 0 unspecified atom stereocenters. The fourth-order valence-corrected chi connectivity index (χ4v) is 3.20. The molecule has 0 radical (unpaired) electrons. The molecule has 3 heterocycles. The first-order valence-electron chi connectivity index (χ1n) is 8.48. The van der Waals surface area contributed by atoms with Crippen LogP contribution in [0.1, 0.15) is 12.8 Å². The van der Waals surface area contributed by atoms with E-state index in [1.165, 1.54) is 0 Å². The summed E-state index contributed by atoms with van der Waals surface area (Å²) < 4.78 is 34.5. The molecule has 0 N–H and O–H groups in total. The molecular formula is C17H20F2N6O. The largest absolute Gasteiger partial charge is 0.473 e. The molecule has 138 valence electrons. The zero-order valence-electron chi connectivity index (χ0n) is 14.6. The summed E-state index contributed by atoms with van der Waals surface area (Å²) in [5.41, 5.74) is 2.37. The van der Waals surface area contributed by atoms with E-state index in [9.17, 15) is 8.78 Å². The van der Waals surface area contributed by atoms with Gasteiger partial charge in [-0.2, -0.15) is 10.2 Å². The zero-order valence-corrected chi connectivity index (χ0v) is 14.6. The van der Waals surface area contributed by atoms with E-state index in [0.717, 1.165) is 16.8 Å². The molecule has 0 spiro atoms. The second-order valence-corrected chi connectivity index (χ2v) is 6.69. The zero-order chi connectivity index (χ0) is 18.3. The van der Waals surface area contributed by atoms with Crippen molar-refractivity contribution >= 4 is 5.52 Å². The van der Waals surface area contributed by atoms with Crippen LogP contribution in [0.4, 0.5) is 8.78 Å². The molecule has 0 atom stereocenters. The Hall–Kier alpha value is -2.55. The van der Waals surface area contributed by atoms with Crippen molar-refractivity contribution in [3.05, 3.63) is 30.9 Å². The molecule has 3 aromatic heterocycles. The lowest BCUT2D eigenvalue weighted by Crippen LogP contribution is -2.49. The Morgan fingerprint density at radius 3 is 2.81 bits per heavy atom. The first-order chi connectivity index (χ1) is 12.5. The van der Waals surface area contributed by atoms with Gasteiger partial charge in [-0.15, -0.1) is 0 Å². The summed E-state index contributed by atoms with van der Waals surface area (Å²) in [5.74, 6) is 0.504. The highest BCUT2D eigenvalue weighted by Crippen LogP contribution is 2.31. The van der Waals surface area contributed by atoms with E-state index in [2.05, 4.69) is 15.2 Å². The number of nitrogens with zero attached hydrogens (tertiary/aromatic N) is 6. The SMILES string of the molecule is CN(CC(F)F)C1CC(Oc2nc(-c3cnn(C)c3)cn3nccc23)C1. The van der Waals surface area contributed by atoms with Gasteiger partial charge in [0.15, 0.2) is 0 Å². The smallest absolute Gasteiger partial charge is 0.251 e. The minimum Gasteiger partial charge on any atom is -0.473 e. The van der Waals surface area contributed by atoms with Crippen molar-refractivity contribution in [2.45, 2.75) is 31.4 Å². The standard InChI is InChI=1S/C17H20F2N6O/c1-23(10-16(18)19)12-5-13(6-12)26-17-15-3-4-20-25(15)9-14(22-17)11-7-21-24(2)8-11/h3-4,7-9,12-13,16H,5-6,10H2,1-2H3. The maximum Gasteiger partial charge on any atom is 0.251 e. The van der Waals surface area contributed by atoms with Crippen molar-refractivity contribution in [2.75, 3.05) is 13.6 Å². The molecule has 0 aromatic carbocycles. The van der Waals surface area contributed by atoms with Crippen LogP contribution in [-0.4, -0.2) is 61.4 Å². The normalized spacial score (nSPS) is 20.1. The van der Waals surface area contributed by atoms with E-state index < -0.39 is 6.43 Å². The Morgan fingerprint density at radius 2 is 2.12 bits per heavy atom. The molecule has 0 saturated heterocycles. The number of halogens is 2. The lowest BCUT2D eigenvalue weighted by atomic mass is 9.88. The van der Waals surface area contributed by atoms with Crippen LogP contribution in [0.15, 0.2) is 30.9 Å². The maximum absolute atomic E-state index is 12.5. The number of rotatable bonds is 6. The first-order valence-corrected chi connectivity index (χ1v) is 8.48. The second kappa shape index (κ2) is 6.64. The van der Waals surface area contributed by atoms with Gasteiger partial charge in [0.05, 0.1) is 30.8 Å². The molecule has 9 heteroatoms. The molecule has 3 aromatic rings. The maximum atomic E-state index is 12.5. The van der Waals surface area contributed by atoms with Gasteiger partial charge in [-0.1, -0.05) is 0 Å². The molecular weight excluding hydrogens is 342 g/mol. The van der Waals surface area contributed by atoms with Crippen LogP contribution in [0.2, 0.25) is 0 Å². The Kier molecular flexibility index (Phi) is 4.31. The van der Waals surface area contributed by atoms with Crippen LogP contribution in [0.3, 0.4) is 0 Å². The van der Waals surface area contributed by atoms with Gasteiger partial charge in [-0.25, -0.2) is 18.3 Å². The van der Waals surface area contributed by atoms with E-state index in [0.29, 0.717) is 18.7 Å². The number of aromatic nitrogens is 5. The quantitative estimate of drug-likeness (QED) is 0.673. The minimum absolute atomic E-state index is 0.0320. The summed E-state index contributed by atoms with van der Waals surface area (Å²) in [7, 11) is 3.57.